The number of carbonyl (C=O) groups excluding carboxylic acids is 1. The van der Waals surface area contributed by atoms with Gasteiger partial charge in [-0.15, -0.1) is 0 Å². The lowest BCUT2D eigenvalue weighted by Crippen LogP contribution is -2.15. The highest BCUT2D eigenvalue weighted by atomic mass is 16.5. The molecule has 104 valence electrons. The van der Waals surface area contributed by atoms with Gasteiger partial charge in [-0.25, -0.2) is 0 Å². The minimum Gasteiger partial charge on any atom is -0.396 e. The quantitative estimate of drug-likeness (QED) is 0.491. The Kier molecular flexibility index (Phi) is 4.63. The maximum Gasteiger partial charge on any atom is 0.250 e. The Hall–Kier alpha value is -1.75. The van der Waals surface area contributed by atoms with Gasteiger partial charge in [0.15, 0.2) is 0 Å². The number of nitrogens with one attached hydrogen (secondary N) is 1. The zero-order chi connectivity index (χ0) is 13.7. The van der Waals surface area contributed by atoms with E-state index in [1.165, 1.54) is 12.8 Å². The van der Waals surface area contributed by atoms with Gasteiger partial charge in [-0.2, -0.15) is 0 Å². The van der Waals surface area contributed by atoms with Crippen molar-refractivity contribution in [2.45, 2.75) is 19.3 Å². The number of rotatable bonds is 8. The van der Waals surface area contributed by atoms with Crippen molar-refractivity contribution < 1.29 is 9.53 Å². The molecule has 1 saturated carbocycles. The SMILES string of the molecule is NC(=O)c1cccc(NCCCOCC2CC2)c1N. The standard InChI is InChI=1S/C14H21N3O2/c15-13-11(14(16)18)3-1-4-12(13)17-7-2-8-19-9-10-5-6-10/h1,3-4,10,17H,2,5-9,15H2,(H2,16,18). The number of nitrogens with two attached hydrogens (primary N) is 2. The monoisotopic (exact) mass is 263 g/mol. The van der Waals surface area contributed by atoms with Crippen molar-refractivity contribution in [3.63, 3.8) is 0 Å². The number of benzene rings is 1. The predicted molar refractivity (Wildman–Crippen MR) is 76.0 cm³/mol. The number of hydrogen-bond donors (Lipinski definition) is 3. The van der Waals surface area contributed by atoms with Gasteiger partial charge in [0.1, 0.15) is 0 Å². The van der Waals surface area contributed by atoms with Crippen LogP contribution in [0.4, 0.5) is 11.4 Å². The highest BCUT2D eigenvalue weighted by Crippen LogP contribution is 2.28. The van der Waals surface area contributed by atoms with Crippen LogP contribution in [0.2, 0.25) is 0 Å². The Morgan fingerprint density at radius 3 is 2.89 bits per heavy atom. The Bertz CT molecular complexity index is 444. The summed E-state index contributed by atoms with van der Waals surface area (Å²) in [5.74, 6) is 0.296. The number of nitrogen functional groups attached to an aromatic ring is 1. The van der Waals surface area contributed by atoms with Gasteiger partial charge < -0.3 is 21.5 Å². The van der Waals surface area contributed by atoms with Crippen molar-refractivity contribution in [1.82, 2.24) is 0 Å². The van der Waals surface area contributed by atoms with E-state index in [2.05, 4.69) is 5.32 Å². The molecule has 0 aromatic heterocycles. The lowest BCUT2D eigenvalue weighted by Gasteiger charge is -2.11. The topological polar surface area (TPSA) is 90.4 Å². The molecule has 0 bridgehead atoms. The summed E-state index contributed by atoms with van der Waals surface area (Å²) in [7, 11) is 0. The van der Waals surface area contributed by atoms with Gasteiger partial charge in [0, 0.05) is 19.8 Å². The lowest BCUT2D eigenvalue weighted by atomic mass is 10.1. The van der Waals surface area contributed by atoms with Crippen LogP contribution in [-0.2, 0) is 4.74 Å². The average Bonchev–Trinajstić information content (AvgIpc) is 3.19. The molecular weight excluding hydrogens is 242 g/mol. The number of carbonyl (C=O) groups is 1. The minimum absolute atomic E-state index is 0.356. The third kappa shape index (κ3) is 4.13. The van der Waals surface area contributed by atoms with E-state index in [-0.39, 0.29) is 0 Å². The third-order valence-corrected chi connectivity index (χ3v) is 3.20. The molecular formula is C14H21N3O2. The molecule has 1 amide bonds. The molecule has 1 fully saturated rings. The number of ether oxygens (including phenoxy) is 1. The fourth-order valence-corrected chi connectivity index (χ4v) is 1.87. The summed E-state index contributed by atoms with van der Waals surface area (Å²) in [6.45, 7) is 2.40. The molecule has 2 rings (SSSR count). The normalized spacial score (nSPS) is 14.3. The van der Waals surface area contributed by atoms with Crippen molar-refractivity contribution >= 4 is 17.3 Å². The van der Waals surface area contributed by atoms with Crippen LogP contribution in [-0.4, -0.2) is 25.7 Å². The first-order valence-corrected chi connectivity index (χ1v) is 6.68. The Labute approximate surface area is 113 Å². The summed E-state index contributed by atoms with van der Waals surface area (Å²) in [4.78, 5) is 11.2. The lowest BCUT2D eigenvalue weighted by molar-refractivity contribution is 0.100. The van der Waals surface area contributed by atoms with Crippen LogP contribution >= 0.6 is 0 Å². The second-order valence-electron chi connectivity index (χ2n) is 4.93. The molecule has 0 radical (unpaired) electrons. The Balaban J connectivity index is 1.72. The average molecular weight is 263 g/mol. The van der Waals surface area contributed by atoms with Crippen LogP contribution in [0.15, 0.2) is 18.2 Å². The minimum atomic E-state index is -0.506. The third-order valence-electron chi connectivity index (χ3n) is 3.20. The highest BCUT2D eigenvalue weighted by Gasteiger charge is 2.20. The summed E-state index contributed by atoms with van der Waals surface area (Å²) in [6, 6.07) is 5.23. The summed E-state index contributed by atoms with van der Waals surface area (Å²) in [5, 5.41) is 3.20. The summed E-state index contributed by atoms with van der Waals surface area (Å²) < 4.78 is 5.54. The van der Waals surface area contributed by atoms with E-state index in [4.69, 9.17) is 16.2 Å². The van der Waals surface area contributed by atoms with Crippen molar-refractivity contribution in [3.8, 4) is 0 Å². The summed E-state index contributed by atoms with van der Waals surface area (Å²) in [5.41, 5.74) is 12.6. The van der Waals surface area contributed by atoms with E-state index < -0.39 is 5.91 Å². The molecule has 0 atom stereocenters. The molecule has 1 aliphatic rings. The van der Waals surface area contributed by atoms with Gasteiger partial charge in [0.05, 0.1) is 16.9 Å². The number of hydrogen-bond acceptors (Lipinski definition) is 4. The van der Waals surface area contributed by atoms with Crippen LogP contribution in [0.1, 0.15) is 29.6 Å². The van der Waals surface area contributed by atoms with Gasteiger partial charge >= 0.3 is 0 Å². The van der Waals surface area contributed by atoms with Gasteiger partial charge in [-0.1, -0.05) is 6.07 Å². The highest BCUT2D eigenvalue weighted by molar-refractivity contribution is 6.00. The molecule has 0 aliphatic heterocycles. The second kappa shape index (κ2) is 6.43. The van der Waals surface area contributed by atoms with E-state index in [1.54, 1.807) is 12.1 Å². The van der Waals surface area contributed by atoms with E-state index in [0.29, 0.717) is 11.3 Å². The predicted octanol–water partition coefficient (Wildman–Crippen LogP) is 1.60. The summed E-state index contributed by atoms with van der Waals surface area (Å²) in [6.07, 6.45) is 3.54. The van der Waals surface area contributed by atoms with Crippen LogP contribution in [0, 0.1) is 5.92 Å². The van der Waals surface area contributed by atoms with E-state index in [0.717, 1.165) is 37.8 Å². The van der Waals surface area contributed by atoms with Gasteiger partial charge in [0.2, 0.25) is 0 Å². The molecule has 1 aliphatic carbocycles. The largest absolute Gasteiger partial charge is 0.396 e. The van der Waals surface area contributed by atoms with Crippen LogP contribution in [0.5, 0.6) is 0 Å². The van der Waals surface area contributed by atoms with Crippen molar-refractivity contribution in [2.24, 2.45) is 11.7 Å². The van der Waals surface area contributed by atoms with Crippen molar-refractivity contribution in [1.29, 1.82) is 0 Å². The summed E-state index contributed by atoms with van der Waals surface area (Å²) >= 11 is 0. The number of primary amides is 1. The fraction of sp³-hybridized carbons (Fsp3) is 0.500. The maximum absolute atomic E-state index is 11.2. The first-order chi connectivity index (χ1) is 9.18. The number of amides is 1. The van der Waals surface area contributed by atoms with Crippen LogP contribution < -0.4 is 16.8 Å². The van der Waals surface area contributed by atoms with Gasteiger partial charge in [-0.05, 0) is 37.3 Å². The number of para-hydroxylation sites is 1. The molecule has 0 heterocycles. The molecule has 19 heavy (non-hydrogen) atoms. The maximum atomic E-state index is 11.2. The second-order valence-corrected chi connectivity index (χ2v) is 4.93. The van der Waals surface area contributed by atoms with E-state index in [9.17, 15) is 4.79 Å². The zero-order valence-electron chi connectivity index (χ0n) is 11.0. The fourth-order valence-electron chi connectivity index (χ4n) is 1.87. The molecule has 5 N–H and O–H groups in total. The molecule has 5 nitrogen and oxygen atoms in total. The Morgan fingerprint density at radius 1 is 1.42 bits per heavy atom. The first kappa shape index (κ1) is 13.7. The van der Waals surface area contributed by atoms with Crippen LogP contribution in [0.3, 0.4) is 0 Å². The molecule has 1 aromatic carbocycles. The van der Waals surface area contributed by atoms with Gasteiger partial charge in [0.25, 0.3) is 5.91 Å². The van der Waals surface area contributed by atoms with Crippen LogP contribution in [0.25, 0.3) is 0 Å². The van der Waals surface area contributed by atoms with Crippen molar-refractivity contribution in [2.75, 3.05) is 30.8 Å². The Morgan fingerprint density at radius 2 is 2.21 bits per heavy atom. The molecule has 0 unspecified atom stereocenters. The van der Waals surface area contributed by atoms with Crippen molar-refractivity contribution in [3.05, 3.63) is 23.8 Å². The first-order valence-electron chi connectivity index (χ1n) is 6.68. The zero-order valence-corrected chi connectivity index (χ0v) is 11.0. The molecule has 0 spiro atoms. The van der Waals surface area contributed by atoms with E-state index >= 15 is 0 Å². The number of anilines is 2. The molecule has 0 saturated heterocycles. The smallest absolute Gasteiger partial charge is 0.250 e. The molecule has 5 heteroatoms. The van der Waals surface area contributed by atoms with Gasteiger partial charge in [-0.3, -0.25) is 4.79 Å². The molecule has 1 aromatic rings. The van der Waals surface area contributed by atoms with E-state index in [1.807, 2.05) is 6.07 Å².